The number of aliphatic hydroxyl groups excluding tert-OH is 1. The molecule has 7 rings (SSSR count). The third kappa shape index (κ3) is 8.00. The van der Waals surface area contributed by atoms with Crippen molar-refractivity contribution in [1.82, 2.24) is 25.5 Å². The zero-order chi connectivity index (χ0) is 39.5. The van der Waals surface area contributed by atoms with Crippen LogP contribution in [0.25, 0.3) is 16.8 Å². The maximum Gasteiger partial charge on any atom is 0.257 e. The third-order valence-electron chi connectivity index (χ3n) is 9.34. The molecular formula is C40H32F5N5O5S. The summed E-state index contributed by atoms with van der Waals surface area (Å²) < 4.78 is 84.2. The molecule has 1 aliphatic rings. The molecule has 10 nitrogen and oxygen atoms in total. The van der Waals surface area contributed by atoms with E-state index in [2.05, 4.69) is 20.8 Å². The van der Waals surface area contributed by atoms with Crippen LogP contribution in [0.15, 0.2) is 102 Å². The number of carbonyl (C=O) groups is 1. The summed E-state index contributed by atoms with van der Waals surface area (Å²) in [6.07, 6.45) is -1.59. The van der Waals surface area contributed by atoms with Gasteiger partial charge < -0.3 is 25.0 Å². The fourth-order valence-electron chi connectivity index (χ4n) is 6.29. The molecule has 1 aromatic heterocycles. The number of tetrazole rings is 1. The molecule has 0 radical (unpaired) electrons. The Morgan fingerprint density at radius 3 is 2.16 bits per heavy atom. The lowest BCUT2D eigenvalue weighted by Gasteiger charge is -2.41. The van der Waals surface area contributed by atoms with Crippen molar-refractivity contribution in [3.8, 4) is 22.6 Å². The Labute approximate surface area is 320 Å². The van der Waals surface area contributed by atoms with Crippen molar-refractivity contribution in [1.29, 1.82) is 0 Å². The number of halogens is 5. The Morgan fingerprint density at radius 2 is 1.46 bits per heavy atom. The lowest BCUT2D eigenvalue weighted by Crippen LogP contribution is -2.38. The minimum atomic E-state index is -2.35. The number of nitrogens with one attached hydrogen (secondary N) is 1. The van der Waals surface area contributed by atoms with Crippen molar-refractivity contribution in [3.63, 3.8) is 0 Å². The number of aromatic hydroxyl groups is 1. The zero-order valence-electron chi connectivity index (χ0n) is 29.4. The predicted molar refractivity (Wildman–Crippen MR) is 194 cm³/mol. The number of nitrogens with zero attached hydrogens (tertiary/aromatic N) is 4. The van der Waals surface area contributed by atoms with Crippen LogP contribution in [0.4, 0.5) is 22.0 Å². The van der Waals surface area contributed by atoms with Crippen LogP contribution in [0, 0.1) is 35.0 Å². The highest BCUT2D eigenvalue weighted by atomic mass is 32.2. The van der Waals surface area contributed by atoms with Crippen LogP contribution < -0.4 is 5.32 Å². The van der Waals surface area contributed by atoms with E-state index in [0.717, 1.165) is 16.7 Å². The Bertz CT molecular complexity index is 2340. The van der Waals surface area contributed by atoms with E-state index in [9.17, 15) is 37.0 Å². The number of carbonyl (C=O) groups excluding carboxylic acids is 1. The maximum atomic E-state index is 14.2. The molecule has 4 unspecified atom stereocenters. The molecule has 6 aromatic rings. The predicted octanol–water partition coefficient (Wildman–Crippen LogP) is 7.74. The van der Waals surface area contributed by atoms with Gasteiger partial charge in [-0.2, -0.15) is 4.68 Å². The summed E-state index contributed by atoms with van der Waals surface area (Å²) in [5, 5.41) is 34.3. The van der Waals surface area contributed by atoms with Gasteiger partial charge in [0.15, 0.2) is 29.6 Å². The molecule has 5 aromatic carbocycles. The molecular weight excluding hydrogens is 758 g/mol. The zero-order valence-corrected chi connectivity index (χ0v) is 30.2. The molecule has 56 heavy (non-hydrogen) atoms. The molecule has 1 fully saturated rings. The summed E-state index contributed by atoms with van der Waals surface area (Å²) >= 11 is 1.40. The van der Waals surface area contributed by atoms with E-state index < -0.39 is 53.0 Å². The monoisotopic (exact) mass is 789 g/mol. The summed E-state index contributed by atoms with van der Waals surface area (Å²) in [6.45, 7) is 1.65. The summed E-state index contributed by atoms with van der Waals surface area (Å²) in [4.78, 5) is 12.6. The van der Waals surface area contributed by atoms with Gasteiger partial charge in [-0.05, 0) is 74.6 Å². The first-order valence-electron chi connectivity index (χ1n) is 17.2. The number of amides is 1. The molecule has 288 valence electrons. The molecule has 1 saturated heterocycles. The van der Waals surface area contributed by atoms with E-state index in [1.54, 1.807) is 47.1 Å². The Kier molecular flexibility index (Phi) is 11.4. The molecule has 1 aliphatic heterocycles. The lowest BCUT2D eigenvalue weighted by molar-refractivity contribution is -0.268. The normalized spacial score (nSPS) is 18.2. The Morgan fingerprint density at radius 1 is 0.804 bits per heavy atom. The number of aliphatic hydroxyl groups is 1. The highest BCUT2D eigenvalue weighted by Crippen LogP contribution is 2.43. The molecule has 16 heteroatoms. The number of phenolic OH excluding ortho intramolecular Hbond substituents is 1. The number of aromatic nitrogens is 4. The highest BCUT2D eigenvalue weighted by molar-refractivity contribution is 7.99. The number of ether oxygens (including phenoxy) is 2. The largest absolute Gasteiger partial charge is 0.508 e. The molecule has 0 aliphatic carbocycles. The van der Waals surface area contributed by atoms with Crippen LogP contribution in [0.3, 0.4) is 0 Å². The van der Waals surface area contributed by atoms with Crippen LogP contribution in [-0.4, -0.2) is 48.2 Å². The number of phenols is 1. The van der Waals surface area contributed by atoms with Crippen LogP contribution >= 0.6 is 11.8 Å². The average molecular weight is 790 g/mol. The molecule has 2 heterocycles. The number of thioether (sulfide) groups is 1. The van der Waals surface area contributed by atoms with Crippen molar-refractivity contribution >= 4 is 17.7 Å². The van der Waals surface area contributed by atoms with Gasteiger partial charge in [0, 0.05) is 23.8 Å². The molecule has 0 saturated carbocycles. The SMILES string of the molecule is CC1C(CSc2nnnn2-c2ccc(O)cc2)OC(c2cccc(-c3cccc(CNC(=O)c4c(F)c(F)c(F)c(F)c4F)c3)c2)OC1c1ccc(CO)cc1. The first kappa shape index (κ1) is 38.6. The second-order valence-electron chi connectivity index (χ2n) is 13.0. The van der Waals surface area contributed by atoms with Gasteiger partial charge in [-0.3, -0.25) is 4.79 Å². The van der Waals surface area contributed by atoms with Crippen molar-refractivity contribution < 1.29 is 46.4 Å². The summed E-state index contributed by atoms with van der Waals surface area (Å²) in [5.41, 5.74) is 3.37. The van der Waals surface area contributed by atoms with Gasteiger partial charge in [0.05, 0.1) is 24.5 Å². The quantitative estimate of drug-likeness (QED) is 0.0522. The fourth-order valence-corrected chi connectivity index (χ4v) is 7.35. The molecule has 0 bridgehead atoms. The van der Waals surface area contributed by atoms with Gasteiger partial charge in [0.25, 0.3) is 5.91 Å². The second kappa shape index (κ2) is 16.6. The maximum absolute atomic E-state index is 14.2. The third-order valence-corrected chi connectivity index (χ3v) is 10.4. The molecule has 4 atom stereocenters. The molecule has 1 amide bonds. The van der Waals surface area contributed by atoms with Gasteiger partial charge in [0.2, 0.25) is 11.0 Å². The molecule has 3 N–H and O–H groups in total. The average Bonchev–Trinajstić information content (AvgIpc) is 3.70. The summed E-state index contributed by atoms with van der Waals surface area (Å²) in [7, 11) is 0. The van der Waals surface area contributed by atoms with E-state index in [-0.39, 0.29) is 30.9 Å². The minimum Gasteiger partial charge on any atom is -0.508 e. The standard InChI is InChI=1S/C40H32F5N5O5S/c1-21-30(20-56-40-47-48-49-50(40)28-12-14-29(52)15-13-28)54-39(55-37(21)24-10-8-22(19-51)9-11-24)27-7-3-6-26(17-27)25-5-2-4-23(16-25)18-46-38(53)31-32(41)34(43)36(45)35(44)33(31)42/h2-17,21,30,37,39,51-52H,18-20H2,1H3,(H,46,53). The Balaban J connectivity index is 1.11. The van der Waals surface area contributed by atoms with Gasteiger partial charge in [0.1, 0.15) is 11.3 Å². The molecule has 0 spiro atoms. The van der Waals surface area contributed by atoms with Crippen molar-refractivity contribution in [2.24, 2.45) is 5.92 Å². The van der Waals surface area contributed by atoms with Crippen LogP contribution in [0.1, 0.15) is 51.9 Å². The lowest BCUT2D eigenvalue weighted by atomic mass is 9.91. The van der Waals surface area contributed by atoms with Crippen LogP contribution in [0.2, 0.25) is 0 Å². The van der Waals surface area contributed by atoms with E-state index in [4.69, 9.17) is 9.47 Å². The minimum absolute atomic E-state index is 0.103. The highest BCUT2D eigenvalue weighted by Gasteiger charge is 2.39. The van der Waals surface area contributed by atoms with E-state index in [1.165, 1.54) is 11.8 Å². The topological polar surface area (TPSA) is 132 Å². The first-order valence-corrected chi connectivity index (χ1v) is 18.2. The number of hydrogen-bond acceptors (Lipinski definition) is 9. The van der Waals surface area contributed by atoms with Crippen LogP contribution in [0.5, 0.6) is 5.75 Å². The second-order valence-corrected chi connectivity index (χ2v) is 14.0. The number of benzene rings is 5. The van der Waals surface area contributed by atoms with Crippen LogP contribution in [-0.2, 0) is 22.6 Å². The number of rotatable bonds is 11. The smallest absolute Gasteiger partial charge is 0.257 e. The van der Waals surface area contributed by atoms with Crippen molar-refractivity contribution in [2.75, 3.05) is 5.75 Å². The van der Waals surface area contributed by atoms with E-state index >= 15 is 0 Å². The van der Waals surface area contributed by atoms with Crippen molar-refractivity contribution in [3.05, 3.63) is 154 Å². The van der Waals surface area contributed by atoms with E-state index in [1.807, 2.05) is 61.5 Å². The van der Waals surface area contributed by atoms with E-state index in [0.29, 0.717) is 33.3 Å². The first-order chi connectivity index (χ1) is 27.0. The summed E-state index contributed by atoms with van der Waals surface area (Å²) in [5.74, 6) is -12.2. The number of hydrogen-bond donors (Lipinski definition) is 3. The fraction of sp³-hybridized carbons (Fsp3) is 0.200. The van der Waals surface area contributed by atoms with Gasteiger partial charge in [-0.15, -0.1) is 5.10 Å². The summed E-state index contributed by atoms with van der Waals surface area (Å²) in [6, 6.07) is 28.3. The van der Waals surface area contributed by atoms with Gasteiger partial charge in [-0.25, -0.2) is 22.0 Å². The van der Waals surface area contributed by atoms with Gasteiger partial charge in [-0.1, -0.05) is 79.3 Å². The Hall–Kier alpha value is -5.68. The van der Waals surface area contributed by atoms with Crippen molar-refractivity contribution in [2.45, 2.75) is 43.7 Å². The van der Waals surface area contributed by atoms with Gasteiger partial charge >= 0.3 is 0 Å².